The lowest BCUT2D eigenvalue weighted by atomic mass is 10.1. The fourth-order valence-electron chi connectivity index (χ4n) is 2.96. The topological polar surface area (TPSA) is 57.5 Å². The molecule has 2 atom stereocenters. The number of rotatable bonds is 6. The van der Waals surface area contributed by atoms with Gasteiger partial charge in [0.15, 0.2) is 7.14 Å². The summed E-state index contributed by atoms with van der Waals surface area (Å²) in [6, 6.07) is 27.2. The molecule has 3 nitrogen and oxygen atoms in total. The van der Waals surface area contributed by atoms with E-state index in [9.17, 15) is 14.8 Å². The van der Waals surface area contributed by atoms with E-state index >= 15 is 0 Å². The Morgan fingerprint density at radius 3 is 1.52 bits per heavy atom. The molecule has 0 aliphatic carbocycles. The van der Waals surface area contributed by atoms with Crippen molar-refractivity contribution in [3.63, 3.8) is 0 Å². The second-order valence-electron chi connectivity index (χ2n) is 6.00. The van der Waals surface area contributed by atoms with E-state index in [0.29, 0.717) is 10.6 Å². The Balaban J connectivity index is 1.98. The van der Waals surface area contributed by atoms with Crippen LogP contribution in [0.2, 0.25) is 0 Å². The molecule has 0 radical (unpaired) electrons. The molecule has 0 aromatic heterocycles. The molecule has 0 saturated carbocycles. The molecule has 3 rings (SSSR count). The van der Waals surface area contributed by atoms with Crippen LogP contribution in [-0.2, 0) is 11.0 Å². The highest BCUT2D eigenvalue weighted by molar-refractivity contribution is 7.79. The molecule has 0 saturated heterocycles. The van der Waals surface area contributed by atoms with Crippen LogP contribution in [0.4, 0.5) is 0 Å². The summed E-state index contributed by atoms with van der Waals surface area (Å²) in [6.07, 6.45) is -0.889. The predicted molar refractivity (Wildman–Crippen MR) is 102 cm³/mol. The van der Waals surface area contributed by atoms with E-state index in [0.717, 1.165) is 5.56 Å². The molecule has 0 fully saturated rings. The van der Waals surface area contributed by atoms with Crippen molar-refractivity contribution >= 4 is 17.8 Å². The van der Waals surface area contributed by atoms with Crippen molar-refractivity contribution in [2.75, 3.05) is 0 Å². The van der Waals surface area contributed by atoms with Crippen molar-refractivity contribution in [3.05, 3.63) is 96.6 Å². The molecule has 0 spiro atoms. The van der Waals surface area contributed by atoms with E-state index in [2.05, 4.69) is 0 Å². The first-order valence-electron chi connectivity index (χ1n) is 8.23. The minimum Gasteiger partial charge on any atom is -0.390 e. The van der Waals surface area contributed by atoms with Crippen molar-refractivity contribution < 1.29 is 14.8 Å². The van der Waals surface area contributed by atoms with Crippen LogP contribution in [0.25, 0.3) is 0 Å². The molecular weight excluding hydrogens is 331 g/mol. The average Bonchev–Trinajstić information content (AvgIpc) is 2.69. The minimum atomic E-state index is -3.40. The van der Waals surface area contributed by atoms with Gasteiger partial charge in [0.25, 0.3) is 0 Å². The first-order chi connectivity index (χ1) is 12.1. The molecule has 0 bridgehead atoms. The lowest BCUT2D eigenvalue weighted by Crippen LogP contribution is -2.35. The van der Waals surface area contributed by atoms with Crippen molar-refractivity contribution in [2.24, 2.45) is 0 Å². The molecule has 0 aliphatic heterocycles. The zero-order valence-corrected chi connectivity index (χ0v) is 14.7. The number of hydrogen-bond acceptors (Lipinski definition) is 3. The summed E-state index contributed by atoms with van der Waals surface area (Å²) < 4.78 is 13.9. The SMILES string of the molecule is O=P(c1ccccc1)(c1ccccc1)[C@H](O)[C@H](O)Cc1ccccc1. The van der Waals surface area contributed by atoms with Gasteiger partial charge in [0.05, 0.1) is 6.10 Å². The number of aliphatic hydroxyl groups excluding tert-OH is 2. The smallest absolute Gasteiger partial charge is 0.172 e. The Bertz CT molecular complexity index is 791. The zero-order valence-electron chi connectivity index (χ0n) is 13.8. The van der Waals surface area contributed by atoms with E-state index in [1.165, 1.54) is 0 Å². The summed E-state index contributed by atoms with van der Waals surface area (Å²) in [5.41, 5.74) is 0.890. The number of benzene rings is 3. The Morgan fingerprint density at radius 1 is 0.680 bits per heavy atom. The largest absolute Gasteiger partial charge is 0.390 e. The Kier molecular flexibility index (Phi) is 5.50. The van der Waals surface area contributed by atoms with Crippen LogP contribution >= 0.6 is 7.14 Å². The van der Waals surface area contributed by atoms with E-state index in [4.69, 9.17) is 0 Å². The van der Waals surface area contributed by atoms with Crippen LogP contribution in [0, 0.1) is 0 Å². The monoisotopic (exact) mass is 352 g/mol. The lowest BCUT2D eigenvalue weighted by molar-refractivity contribution is 0.0679. The van der Waals surface area contributed by atoms with Gasteiger partial charge >= 0.3 is 0 Å². The molecule has 3 aromatic carbocycles. The zero-order chi connectivity index (χ0) is 17.7. The Labute approximate surface area is 148 Å². The summed E-state index contributed by atoms with van der Waals surface area (Å²) in [6.45, 7) is 0. The summed E-state index contributed by atoms with van der Waals surface area (Å²) >= 11 is 0. The molecule has 0 aliphatic rings. The van der Waals surface area contributed by atoms with E-state index in [-0.39, 0.29) is 6.42 Å². The third-order valence-corrected chi connectivity index (χ3v) is 7.50. The maximum Gasteiger partial charge on any atom is 0.172 e. The summed E-state index contributed by atoms with van der Waals surface area (Å²) in [7, 11) is -3.40. The number of hydrogen-bond donors (Lipinski definition) is 2. The first kappa shape index (κ1) is 17.6. The highest BCUT2D eigenvalue weighted by Crippen LogP contribution is 2.49. The highest BCUT2D eigenvalue weighted by atomic mass is 31.2. The Hall–Kier alpha value is -2.19. The second kappa shape index (κ2) is 7.79. The first-order valence-corrected chi connectivity index (χ1v) is 10.0. The maximum atomic E-state index is 13.9. The third-order valence-electron chi connectivity index (χ3n) is 4.28. The standard InChI is InChI=1S/C21H21O3P/c22-20(16-17-10-4-1-5-11-17)21(23)25(24,18-12-6-2-7-13-18)19-14-8-3-9-15-19/h1-15,20-23H,16H2/t20-,21+/m1/s1. The number of aliphatic hydroxyl groups is 2. The summed E-state index contributed by atoms with van der Waals surface area (Å²) in [4.78, 5) is 0. The van der Waals surface area contributed by atoms with Gasteiger partial charge in [-0.1, -0.05) is 91.0 Å². The van der Waals surface area contributed by atoms with Gasteiger partial charge in [-0.3, -0.25) is 0 Å². The fourth-order valence-corrected chi connectivity index (χ4v) is 5.69. The Morgan fingerprint density at radius 2 is 1.08 bits per heavy atom. The average molecular weight is 352 g/mol. The van der Waals surface area contributed by atoms with Gasteiger partial charge in [-0.25, -0.2) is 0 Å². The van der Waals surface area contributed by atoms with Crippen molar-refractivity contribution in [1.82, 2.24) is 0 Å². The molecule has 0 heterocycles. The molecule has 128 valence electrons. The summed E-state index contributed by atoms with van der Waals surface area (Å²) in [5, 5.41) is 22.6. The van der Waals surface area contributed by atoms with Gasteiger partial charge < -0.3 is 14.8 Å². The predicted octanol–water partition coefficient (Wildman–Crippen LogP) is 2.92. The van der Waals surface area contributed by atoms with Gasteiger partial charge in [-0.05, 0) is 5.56 Å². The molecule has 0 unspecified atom stereocenters. The van der Waals surface area contributed by atoms with Crippen LogP contribution in [0.3, 0.4) is 0 Å². The fraction of sp³-hybridized carbons (Fsp3) is 0.143. The van der Waals surface area contributed by atoms with Gasteiger partial charge in [0, 0.05) is 17.0 Å². The minimum absolute atomic E-state index is 0.242. The van der Waals surface area contributed by atoms with Gasteiger partial charge in [0.1, 0.15) is 5.85 Å². The summed E-state index contributed by atoms with van der Waals surface area (Å²) in [5.74, 6) is -1.38. The van der Waals surface area contributed by atoms with Crippen molar-refractivity contribution in [1.29, 1.82) is 0 Å². The van der Waals surface area contributed by atoms with E-state index < -0.39 is 19.1 Å². The second-order valence-corrected chi connectivity index (χ2v) is 8.88. The van der Waals surface area contributed by atoms with Crippen LogP contribution in [0.5, 0.6) is 0 Å². The molecule has 0 amide bonds. The van der Waals surface area contributed by atoms with Gasteiger partial charge in [-0.2, -0.15) is 0 Å². The quantitative estimate of drug-likeness (QED) is 0.671. The molecule has 3 aromatic rings. The van der Waals surface area contributed by atoms with E-state index in [1.54, 1.807) is 48.5 Å². The van der Waals surface area contributed by atoms with Crippen LogP contribution in [0.1, 0.15) is 5.56 Å². The molecule has 4 heteroatoms. The van der Waals surface area contributed by atoms with Gasteiger partial charge in [-0.15, -0.1) is 0 Å². The van der Waals surface area contributed by atoms with Crippen LogP contribution in [0.15, 0.2) is 91.0 Å². The van der Waals surface area contributed by atoms with Crippen molar-refractivity contribution in [3.8, 4) is 0 Å². The highest BCUT2D eigenvalue weighted by Gasteiger charge is 2.39. The van der Waals surface area contributed by atoms with E-state index in [1.807, 2.05) is 42.5 Å². The van der Waals surface area contributed by atoms with Crippen LogP contribution < -0.4 is 10.6 Å². The normalized spacial score (nSPS) is 14.0. The van der Waals surface area contributed by atoms with Gasteiger partial charge in [0.2, 0.25) is 0 Å². The molecule has 2 N–H and O–H groups in total. The van der Waals surface area contributed by atoms with Crippen molar-refractivity contribution in [2.45, 2.75) is 18.4 Å². The molecule has 25 heavy (non-hydrogen) atoms. The third kappa shape index (κ3) is 3.74. The lowest BCUT2D eigenvalue weighted by Gasteiger charge is -2.28. The van der Waals surface area contributed by atoms with Crippen LogP contribution in [-0.4, -0.2) is 22.2 Å². The maximum absolute atomic E-state index is 13.9. The molecular formula is C21H21O3P.